The Morgan fingerprint density at radius 3 is 2.08 bits per heavy atom. The van der Waals surface area contributed by atoms with E-state index in [9.17, 15) is 0 Å². The van der Waals surface area contributed by atoms with Crippen molar-refractivity contribution in [3.8, 4) is 0 Å². The van der Waals surface area contributed by atoms with E-state index >= 15 is 0 Å². The normalized spacial score (nSPS) is 37.2. The van der Waals surface area contributed by atoms with Crippen LogP contribution in [0.5, 0.6) is 0 Å². The molecule has 2 saturated carbocycles. The molecule has 0 spiro atoms. The summed E-state index contributed by atoms with van der Waals surface area (Å²) < 4.78 is 0. The number of hydrogen-bond donors (Lipinski definition) is 0. The van der Waals surface area contributed by atoms with Crippen molar-refractivity contribution >= 4 is 0 Å². The van der Waals surface area contributed by atoms with Gasteiger partial charge in [-0.05, 0) is 68.2 Å². The Bertz CT molecular complexity index is 409. The summed E-state index contributed by atoms with van der Waals surface area (Å²) in [6.45, 7) is 15.6. The zero-order valence-electron chi connectivity index (χ0n) is 16.3. The van der Waals surface area contributed by atoms with E-state index in [0.717, 1.165) is 29.1 Å². The van der Waals surface area contributed by atoms with Crippen molar-refractivity contribution < 1.29 is 0 Å². The Hall–Kier alpha value is -0.120. The molecular formula is C21H39N3. The maximum atomic E-state index is 2.89. The predicted molar refractivity (Wildman–Crippen MR) is 101 cm³/mol. The van der Waals surface area contributed by atoms with Gasteiger partial charge in [-0.2, -0.15) is 0 Å². The first-order valence-electron chi connectivity index (χ1n) is 10.7. The highest BCUT2D eigenvalue weighted by Crippen LogP contribution is 2.52. The highest BCUT2D eigenvalue weighted by atomic mass is 15.2. The topological polar surface area (TPSA) is 9.72 Å². The van der Waals surface area contributed by atoms with Crippen LogP contribution in [-0.4, -0.2) is 74.1 Å². The van der Waals surface area contributed by atoms with E-state index in [-0.39, 0.29) is 0 Å². The van der Waals surface area contributed by atoms with Crippen LogP contribution in [0.25, 0.3) is 0 Å². The lowest BCUT2D eigenvalue weighted by molar-refractivity contribution is 0.0502. The molecule has 0 aromatic carbocycles. The van der Waals surface area contributed by atoms with Crippen LogP contribution in [0.1, 0.15) is 46.0 Å². The second-order valence-electron chi connectivity index (χ2n) is 10.2. The Morgan fingerprint density at radius 2 is 1.54 bits per heavy atom. The second kappa shape index (κ2) is 6.89. The molecule has 2 saturated heterocycles. The molecule has 2 unspecified atom stereocenters. The Kier molecular flexibility index (Phi) is 4.96. The molecule has 24 heavy (non-hydrogen) atoms. The summed E-state index contributed by atoms with van der Waals surface area (Å²) in [5, 5.41) is 0. The number of piperazine rings is 1. The monoisotopic (exact) mass is 333 g/mol. The van der Waals surface area contributed by atoms with Crippen molar-refractivity contribution in [2.24, 2.45) is 29.1 Å². The lowest BCUT2D eigenvalue weighted by atomic mass is 9.83. The molecule has 2 atom stereocenters. The zero-order valence-corrected chi connectivity index (χ0v) is 16.3. The molecule has 3 nitrogen and oxygen atoms in total. The molecule has 4 rings (SSSR count). The Balaban J connectivity index is 1.29. The predicted octanol–water partition coefficient (Wildman–Crippen LogP) is 3.02. The van der Waals surface area contributed by atoms with E-state index in [2.05, 4.69) is 35.6 Å². The van der Waals surface area contributed by atoms with Crippen LogP contribution >= 0.6 is 0 Å². The van der Waals surface area contributed by atoms with Gasteiger partial charge in [-0.15, -0.1) is 0 Å². The molecule has 3 heteroatoms. The van der Waals surface area contributed by atoms with E-state index in [1.165, 1.54) is 84.5 Å². The average molecular weight is 334 g/mol. The number of rotatable bonds is 6. The van der Waals surface area contributed by atoms with Gasteiger partial charge >= 0.3 is 0 Å². The molecule has 2 bridgehead atoms. The Morgan fingerprint density at radius 1 is 0.917 bits per heavy atom. The molecule has 2 heterocycles. The van der Waals surface area contributed by atoms with Crippen LogP contribution in [-0.2, 0) is 0 Å². The number of hydrogen-bond acceptors (Lipinski definition) is 3. The van der Waals surface area contributed by atoms with Crippen molar-refractivity contribution in [2.75, 3.05) is 59.4 Å². The fourth-order valence-electron chi connectivity index (χ4n) is 6.13. The van der Waals surface area contributed by atoms with Crippen molar-refractivity contribution in [2.45, 2.75) is 46.0 Å². The van der Waals surface area contributed by atoms with Crippen LogP contribution in [0.4, 0.5) is 0 Å². The number of likely N-dealkylation sites (N-methyl/N-ethyl adjacent to an activating group) is 1. The summed E-state index contributed by atoms with van der Waals surface area (Å²) in [6, 6.07) is 0. The number of piperidine rings is 1. The molecule has 138 valence electrons. The van der Waals surface area contributed by atoms with Gasteiger partial charge in [0.05, 0.1) is 0 Å². The third-order valence-electron chi connectivity index (χ3n) is 7.53. The van der Waals surface area contributed by atoms with E-state index in [1.54, 1.807) is 0 Å². The fourth-order valence-corrected chi connectivity index (χ4v) is 6.13. The van der Waals surface area contributed by atoms with E-state index in [4.69, 9.17) is 0 Å². The highest BCUT2D eigenvalue weighted by molar-refractivity contribution is 5.00. The largest absolute Gasteiger partial charge is 0.304 e. The molecule has 0 aromatic rings. The average Bonchev–Trinajstić information content (AvgIpc) is 3.22. The van der Waals surface area contributed by atoms with Crippen LogP contribution in [0.15, 0.2) is 0 Å². The van der Waals surface area contributed by atoms with E-state index in [0.29, 0.717) is 0 Å². The molecule has 2 aliphatic carbocycles. The molecule has 0 amide bonds. The van der Waals surface area contributed by atoms with Crippen LogP contribution in [0, 0.1) is 29.1 Å². The van der Waals surface area contributed by atoms with Crippen LogP contribution in [0.2, 0.25) is 0 Å². The highest BCUT2D eigenvalue weighted by Gasteiger charge is 2.48. The summed E-state index contributed by atoms with van der Waals surface area (Å²) in [7, 11) is 2.27. The first kappa shape index (κ1) is 17.3. The SMILES string of the molecule is CC(C)CC1(CN2CC3CCC(C2)C3CN2CCN(C)CC2)CC1. The van der Waals surface area contributed by atoms with Crippen molar-refractivity contribution in [3.05, 3.63) is 0 Å². The maximum absolute atomic E-state index is 2.89. The van der Waals surface area contributed by atoms with Gasteiger partial charge in [0.25, 0.3) is 0 Å². The molecule has 4 fully saturated rings. The van der Waals surface area contributed by atoms with Crippen LogP contribution < -0.4 is 0 Å². The fraction of sp³-hybridized carbons (Fsp3) is 1.00. The van der Waals surface area contributed by atoms with Gasteiger partial charge in [-0.1, -0.05) is 13.8 Å². The summed E-state index contributed by atoms with van der Waals surface area (Å²) in [4.78, 5) is 8.14. The molecule has 4 aliphatic rings. The summed E-state index contributed by atoms with van der Waals surface area (Å²) in [6.07, 6.45) is 7.49. The lowest BCUT2D eigenvalue weighted by Gasteiger charge is -2.43. The maximum Gasteiger partial charge on any atom is 0.0110 e. The van der Waals surface area contributed by atoms with Gasteiger partial charge in [0, 0.05) is 52.4 Å². The minimum Gasteiger partial charge on any atom is -0.304 e. The van der Waals surface area contributed by atoms with Crippen LogP contribution in [0.3, 0.4) is 0 Å². The quantitative estimate of drug-likeness (QED) is 0.740. The first-order chi connectivity index (χ1) is 11.5. The van der Waals surface area contributed by atoms with Gasteiger partial charge in [0.15, 0.2) is 0 Å². The number of fused-ring (bicyclic) bond motifs is 2. The van der Waals surface area contributed by atoms with Crippen molar-refractivity contribution in [1.82, 2.24) is 14.7 Å². The van der Waals surface area contributed by atoms with Gasteiger partial charge in [-0.25, -0.2) is 0 Å². The molecule has 0 N–H and O–H groups in total. The number of likely N-dealkylation sites (tertiary alicyclic amines) is 1. The molecular weight excluding hydrogens is 294 g/mol. The summed E-state index contributed by atoms with van der Waals surface area (Å²) in [5.41, 5.74) is 0.720. The smallest absolute Gasteiger partial charge is 0.0110 e. The van der Waals surface area contributed by atoms with Gasteiger partial charge in [-0.3, -0.25) is 0 Å². The third kappa shape index (κ3) is 3.83. The van der Waals surface area contributed by atoms with Gasteiger partial charge < -0.3 is 14.7 Å². The minimum atomic E-state index is 0.720. The van der Waals surface area contributed by atoms with Crippen molar-refractivity contribution in [3.63, 3.8) is 0 Å². The minimum absolute atomic E-state index is 0.720. The van der Waals surface area contributed by atoms with E-state index in [1.807, 2.05) is 0 Å². The zero-order chi connectivity index (χ0) is 16.7. The molecule has 0 aromatic heterocycles. The summed E-state index contributed by atoms with van der Waals surface area (Å²) in [5.74, 6) is 3.88. The van der Waals surface area contributed by atoms with E-state index < -0.39 is 0 Å². The van der Waals surface area contributed by atoms with Crippen molar-refractivity contribution in [1.29, 1.82) is 0 Å². The number of nitrogens with zero attached hydrogens (tertiary/aromatic N) is 3. The lowest BCUT2D eigenvalue weighted by Crippen LogP contribution is -2.51. The second-order valence-corrected chi connectivity index (χ2v) is 10.2. The summed E-state index contributed by atoms with van der Waals surface area (Å²) >= 11 is 0. The Labute approximate surface area is 149 Å². The van der Waals surface area contributed by atoms with Gasteiger partial charge in [0.1, 0.15) is 0 Å². The molecule has 2 aliphatic heterocycles. The molecule has 0 radical (unpaired) electrons. The first-order valence-corrected chi connectivity index (χ1v) is 10.7. The standard InChI is InChI=1S/C21H39N3/c1-17(2)12-21(6-7-21)16-24-13-18-4-5-19(14-24)20(18)15-23-10-8-22(3)9-11-23/h17-20H,4-16H2,1-3H3. The third-order valence-corrected chi connectivity index (χ3v) is 7.53. The van der Waals surface area contributed by atoms with Gasteiger partial charge in [0.2, 0.25) is 0 Å².